The summed E-state index contributed by atoms with van der Waals surface area (Å²) >= 11 is 7.87. The molecule has 0 radical (unpaired) electrons. The van der Waals surface area contributed by atoms with Gasteiger partial charge in [0.25, 0.3) is 0 Å². The highest BCUT2D eigenvalue weighted by molar-refractivity contribution is 7.22. The fraction of sp³-hybridized carbons (Fsp3) is 0.279. The Bertz CT molecular complexity index is 2670. The molecule has 5 aromatic rings. The summed E-state index contributed by atoms with van der Waals surface area (Å²) in [5.41, 5.74) is 2.16. The molecule has 2 aliphatic carbocycles. The van der Waals surface area contributed by atoms with Crippen LogP contribution in [0.3, 0.4) is 0 Å². The van der Waals surface area contributed by atoms with Crippen LogP contribution in [0, 0.1) is 41.9 Å². The van der Waals surface area contributed by atoms with E-state index in [1.807, 2.05) is 50.3 Å². The molecule has 2 aliphatic heterocycles. The molecule has 0 spiro atoms. The molecule has 2 saturated heterocycles. The lowest BCUT2D eigenvalue weighted by atomic mass is 9.52. The van der Waals surface area contributed by atoms with E-state index in [1.165, 1.54) is 30.2 Å². The number of aryl methyl sites for hydroxylation is 2. The number of benzene rings is 3. The van der Waals surface area contributed by atoms with Crippen molar-refractivity contribution in [1.29, 1.82) is 0 Å². The highest BCUT2D eigenvalue weighted by atomic mass is 35.5. The number of rotatable bonds is 7. The molecule has 294 valence electrons. The van der Waals surface area contributed by atoms with Gasteiger partial charge in [-0.25, -0.2) is 4.90 Å². The van der Waals surface area contributed by atoms with E-state index < -0.39 is 65.8 Å². The second-order valence-electron chi connectivity index (χ2n) is 15.7. The molecule has 4 heterocycles. The number of phenols is 1. The largest absolute Gasteiger partial charge is 0.504 e. The summed E-state index contributed by atoms with van der Waals surface area (Å²) in [6.07, 6.45) is 6.07. The second kappa shape index (κ2) is 13.8. The van der Waals surface area contributed by atoms with Crippen LogP contribution in [0.1, 0.15) is 30.9 Å². The number of anilines is 2. The molecule has 15 heteroatoms. The summed E-state index contributed by atoms with van der Waals surface area (Å²) in [4.78, 5) is 61.8. The number of amides is 4. The van der Waals surface area contributed by atoms with Crippen molar-refractivity contribution in [2.75, 3.05) is 16.9 Å². The van der Waals surface area contributed by atoms with Gasteiger partial charge in [-0.15, -0.1) is 11.3 Å². The van der Waals surface area contributed by atoms with Crippen molar-refractivity contribution >= 4 is 86.8 Å². The fourth-order valence-electron chi connectivity index (χ4n) is 9.74. The van der Waals surface area contributed by atoms with E-state index in [1.54, 1.807) is 53.4 Å². The number of imide groups is 2. The number of hydrogen-bond acceptors (Lipinski definition) is 10. The molecule has 0 bridgehead atoms. The van der Waals surface area contributed by atoms with Crippen LogP contribution >= 0.6 is 22.9 Å². The van der Waals surface area contributed by atoms with E-state index >= 15 is 4.79 Å². The second-order valence-corrected chi connectivity index (χ2v) is 17.2. The first-order valence-corrected chi connectivity index (χ1v) is 20.1. The zero-order chi connectivity index (χ0) is 40.9. The van der Waals surface area contributed by atoms with E-state index in [2.05, 4.69) is 0 Å². The minimum Gasteiger partial charge on any atom is -0.504 e. The minimum atomic E-state index is -1.79. The Morgan fingerprint density at radius 3 is 2.53 bits per heavy atom. The SMILES string of the molecule is COc1cc(C=CC2C3=CCC4C(=O)N(c5cccc(B(O)O)c5)C(=O)C4C3CC3C(=O)N(c4cc(-c5sc6ccc(Cl)cc6c5C)nn4C)C(=O)C23C)ccc1O. The summed E-state index contributed by atoms with van der Waals surface area (Å²) in [7, 11) is 1.36. The van der Waals surface area contributed by atoms with Gasteiger partial charge in [-0.1, -0.05) is 53.6 Å². The number of phenolic OH excluding ortho intramolecular Hbond substituents is 1. The number of aromatic nitrogens is 2. The van der Waals surface area contributed by atoms with Crippen molar-refractivity contribution in [3.63, 3.8) is 0 Å². The van der Waals surface area contributed by atoms with Crippen molar-refractivity contribution in [2.24, 2.45) is 42.1 Å². The normalized spacial score (nSPS) is 25.4. The Labute approximate surface area is 342 Å². The lowest BCUT2D eigenvalue weighted by molar-refractivity contribution is -0.132. The van der Waals surface area contributed by atoms with Crippen LogP contribution < -0.4 is 20.0 Å². The number of allylic oxidation sites excluding steroid dienone is 3. The van der Waals surface area contributed by atoms with E-state index in [9.17, 15) is 29.5 Å². The summed E-state index contributed by atoms with van der Waals surface area (Å²) in [5.74, 6) is -4.68. The van der Waals surface area contributed by atoms with Gasteiger partial charge < -0.3 is 19.9 Å². The lowest BCUT2D eigenvalue weighted by Gasteiger charge is -2.47. The first-order valence-electron chi connectivity index (χ1n) is 18.9. The molecule has 3 N–H and O–H groups in total. The number of ether oxygens (including phenoxy) is 1. The van der Waals surface area contributed by atoms with Crippen LogP contribution in [0.15, 0.2) is 84.5 Å². The van der Waals surface area contributed by atoms with Gasteiger partial charge in [0.15, 0.2) is 11.5 Å². The zero-order valence-corrected chi connectivity index (χ0v) is 33.5. The fourth-order valence-corrected chi connectivity index (χ4v) is 11.1. The standard InChI is InChI=1S/C43H38BClN4O8S/c1-21-28-18-24(45)10-15-35(28)58-38(21)32-20-36(47(3)46-32)49-40(52)31-19-29-26(30(43(31,2)42(49)54)13-8-22-9-14-33(50)34(16-22)57-4)11-12-27-37(29)41(53)48(39(27)51)25-7-5-6-23(17-25)44(55)56/h5-11,13-18,20,27,29-31,37,50,55-56H,12,19H2,1-4H3. The molecule has 4 aliphatic rings. The minimum absolute atomic E-state index is 0.0316. The predicted octanol–water partition coefficient (Wildman–Crippen LogP) is 5.64. The number of nitrogens with zero attached hydrogens (tertiary/aromatic N) is 4. The maximum atomic E-state index is 15.1. The van der Waals surface area contributed by atoms with E-state index in [0.29, 0.717) is 22.1 Å². The Balaban J connectivity index is 1.13. The van der Waals surface area contributed by atoms with Crippen LogP contribution in [0.5, 0.6) is 11.5 Å². The number of hydrogen-bond donors (Lipinski definition) is 3. The topological polar surface area (TPSA) is 162 Å². The smallest absolute Gasteiger partial charge is 0.488 e. The lowest BCUT2D eigenvalue weighted by Crippen LogP contribution is -2.49. The summed E-state index contributed by atoms with van der Waals surface area (Å²) < 4.78 is 7.92. The van der Waals surface area contributed by atoms with E-state index in [4.69, 9.17) is 21.4 Å². The third-order valence-corrected chi connectivity index (χ3v) is 14.2. The average molecular weight is 817 g/mol. The predicted molar refractivity (Wildman–Crippen MR) is 222 cm³/mol. The maximum absolute atomic E-state index is 15.1. The summed E-state index contributed by atoms with van der Waals surface area (Å²) in [6.45, 7) is 3.80. The molecule has 4 amide bonds. The number of fused-ring (bicyclic) bond motifs is 5. The first-order chi connectivity index (χ1) is 27.7. The maximum Gasteiger partial charge on any atom is 0.488 e. The van der Waals surface area contributed by atoms with Crippen molar-refractivity contribution in [1.82, 2.24) is 9.78 Å². The van der Waals surface area contributed by atoms with Crippen molar-refractivity contribution in [2.45, 2.75) is 26.7 Å². The molecule has 3 aromatic carbocycles. The highest BCUT2D eigenvalue weighted by Gasteiger charge is 2.67. The molecular formula is C43H38BClN4O8S. The third kappa shape index (κ3) is 5.60. The van der Waals surface area contributed by atoms with Gasteiger partial charge in [-0.05, 0) is 97.0 Å². The monoisotopic (exact) mass is 816 g/mol. The van der Waals surface area contributed by atoms with Gasteiger partial charge in [-0.3, -0.25) is 28.8 Å². The number of methoxy groups -OCH3 is 1. The molecule has 1 saturated carbocycles. The number of aromatic hydroxyl groups is 1. The van der Waals surface area contributed by atoms with Gasteiger partial charge in [0, 0.05) is 28.8 Å². The number of halogens is 1. The molecule has 58 heavy (non-hydrogen) atoms. The zero-order valence-electron chi connectivity index (χ0n) is 31.9. The molecule has 6 unspecified atom stereocenters. The van der Waals surface area contributed by atoms with Gasteiger partial charge >= 0.3 is 7.12 Å². The average Bonchev–Trinajstić information content (AvgIpc) is 3.88. The molecule has 9 rings (SSSR count). The number of carbonyl (C=O) groups excluding carboxylic acids is 4. The molecule has 12 nitrogen and oxygen atoms in total. The number of thiophene rings is 1. The summed E-state index contributed by atoms with van der Waals surface area (Å²) in [6, 6.07) is 18.4. The van der Waals surface area contributed by atoms with Crippen LogP contribution in [0.25, 0.3) is 26.7 Å². The molecular weight excluding hydrogens is 779 g/mol. The Morgan fingerprint density at radius 1 is 0.983 bits per heavy atom. The van der Waals surface area contributed by atoms with Gasteiger partial charge in [0.05, 0.1) is 40.8 Å². The van der Waals surface area contributed by atoms with E-state index in [-0.39, 0.29) is 35.5 Å². The van der Waals surface area contributed by atoms with Crippen molar-refractivity contribution in [3.05, 3.63) is 101 Å². The van der Waals surface area contributed by atoms with Gasteiger partial charge in [0.2, 0.25) is 23.6 Å². The first kappa shape index (κ1) is 38.0. The molecule has 2 aromatic heterocycles. The Kier molecular flexibility index (Phi) is 9.04. The third-order valence-electron chi connectivity index (χ3n) is 12.7. The van der Waals surface area contributed by atoms with Crippen molar-refractivity contribution < 1.29 is 39.1 Å². The van der Waals surface area contributed by atoms with Crippen LogP contribution in [0.2, 0.25) is 5.02 Å². The van der Waals surface area contributed by atoms with Crippen LogP contribution in [0.4, 0.5) is 11.5 Å². The quantitative estimate of drug-likeness (QED) is 0.107. The van der Waals surface area contributed by atoms with Gasteiger partial charge in [-0.2, -0.15) is 5.10 Å². The molecule has 6 atom stereocenters. The van der Waals surface area contributed by atoms with Crippen molar-refractivity contribution in [3.8, 4) is 22.1 Å². The Morgan fingerprint density at radius 2 is 1.78 bits per heavy atom. The van der Waals surface area contributed by atoms with Crippen LogP contribution in [-0.4, -0.2) is 62.8 Å². The summed E-state index contributed by atoms with van der Waals surface area (Å²) in [5, 5.41) is 36.3. The van der Waals surface area contributed by atoms with E-state index in [0.717, 1.165) is 31.0 Å². The number of carbonyl (C=O) groups is 4. The van der Waals surface area contributed by atoms with Crippen LogP contribution in [-0.2, 0) is 26.2 Å². The Hall–Kier alpha value is -5.54. The highest BCUT2D eigenvalue weighted by Crippen LogP contribution is 2.61. The van der Waals surface area contributed by atoms with Gasteiger partial charge in [0.1, 0.15) is 11.5 Å². The molecule has 3 fully saturated rings.